The number of hydrogen-bond acceptors (Lipinski definition) is 6. The number of methoxy groups -OCH3 is 3. The van der Waals surface area contributed by atoms with Gasteiger partial charge in [0.2, 0.25) is 11.4 Å². The number of rotatable bonds is 7. The molecule has 0 saturated carbocycles. The van der Waals surface area contributed by atoms with Gasteiger partial charge in [0.25, 0.3) is 0 Å². The van der Waals surface area contributed by atoms with E-state index < -0.39 is 5.97 Å². The summed E-state index contributed by atoms with van der Waals surface area (Å²) >= 11 is 0. The second-order valence-electron chi connectivity index (χ2n) is 6.30. The number of hydrogen-bond donors (Lipinski definition) is 0. The Bertz CT molecular complexity index is 1040. The van der Waals surface area contributed by atoms with Crippen molar-refractivity contribution in [1.82, 2.24) is 0 Å². The Hall–Kier alpha value is -3.87. The van der Waals surface area contributed by atoms with Gasteiger partial charge in [-0.2, -0.15) is 4.57 Å². The second kappa shape index (κ2) is 9.56. The molecular weight excluding hydrogens is 384 g/mol. The van der Waals surface area contributed by atoms with Crippen LogP contribution in [-0.2, 0) is 11.9 Å². The van der Waals surface area contributed by atoms with Crippen LogP contribution in [0.4, 0.5) is 0 Å². The lowest BCUT2D eigenvalue weighted by Crippen LogP contribution is -2.36. The van der Waals surface area contributed by atoms with Crippen LogP contribution in [0.1, 0.15) is 21.6 Å². The van der Waals surface area contributed by atoms with Crippen molar-refractivity contribution in [3.63, 3.8) is 0 Å². The molecule has 0 spiro atoms. The Morgan fingerprint density at radius 2 is 1.47 bits per heavy atom. The normalized spacial score (nSPS) is 11.0. The standard InChI is InChI=1S/C23H23N2O5/c1-25-13-9-8-12-18(25)21(16-10-6-5-7-11-16)24-30-23(26)17-14-19(27-2)22(29-4)20(15-17)28-3/h5-15H,1-4H3/q+1/b24-21-. The number of aryl methyl sites for hydroxylation is 1. The topological polar surface area (TPSA) is 70.2 Å². The number of pyridine rings is 1. The summed E-state index contributed by atoms with van der Waals surface area (Å²) in [5.74, 6) is 0.443. The van der Waals surface area contributed by atoms with Gasteiger partial charge in [0.05, 0.1) is 26.9 Å². The third kappa shape index (κ3) is 4.41. The minimum Gasteiger partial charge on any atom is -0.493 e. The molecule has 1 heterocycles. The summed E-state index contributed by atoms with van der Waals surface area (Å²) in [7, 11) is 6.35. The SMILES string of the molecule is COc1cc(C(=O)O/N=C(/c2ccccc2)c2cccc[n+]2C)cc(OC)c1OC. The molecule has 2 aromatic carbocycles. The highest BCUT2D eigenvalue weighted by molar-refractivity contribution is 6.10. The van der Waals surface area contributed by atoms with Gasteiger partial charge in [-0.15, -0.1) is 0 Å². The lowest BCUT2D eigenvalue weighted by atomic mass is 10.1. The zero-order valence-electron chi connectivity index (χ0n) is 17.3. The summed E-state index contributed by atoms with van der Waals surface area (Å²) in [5.41, 5.74) is 2.36. The van der Waals surface area contributed by atoms with E-state index in [1.807, 2.05) is 66.3 Å². The molecule has 0 aliphatic carbocycles. The van der Waals surface area contributed by atoms with Crippen molar-refractivity contribution in [2.75, 3.05) is 21.3 Å². The van der Waals surface area contributed by atoms with Crippen molar-refractivity contribution >= 4 is 11.7 Å². The fourth-order valence-corrected chi connectivity index (χ4v) is 2.95. The highest BCUT2D eigenvalue weighted by atomic mass is 16.7. The molecular formula is C23H23N2O5+. The van der Waals surface area contributed by atoms with Crippen LogP contribution in [0.5, 0.6) is 17.2 Å². The van der Waals surface area contributed by atoms with Crippen molar-refractivity contribution in [1.29, 1.82) is 0 Å². The average molecular weight is 407 g/mol. The molecule has 0 aliphatic heterocycles. The van der Waals surface area contributed by atoms with E-state index >= 15 is 0 Å². The van der Waals surface area contributed by atoms with E-state index in [-0.39, 0.29) is 5.56 Å². The van der Waals surface area contributed by atoms with Gasteiger partial charge in [0.1, 0.15) is 7.05 Å². The van der Waals surface area contributed by atoms with Crippen LogP contribution in [0.2, 0.25) is 0 Å². The fraction of sp³-hybridized carbons (Fsp3) is 0.174. The zero-order valence-corrected chi connectivity index (χ0v) is 17.3. The first-order chi connectivity index (χ1) is 14.6. The number of nitrogens with zero attached hydrogens (tertiary/aromatic N) is 2. The molecule has 7 heteroatoms. The van der Waals surface area contributed by atoms with E-state index in [4.69, 9.17) is 19.0 Å². The minimum atomic E-state index is -0.652. The number of aromatic nitrogens is 1. The molecule has 0 radical (unpaired) electrons. The van der Waals surface area contributed by atoms with E-state index in [1.165, 1.54) is 33.5 Å². The van der Waals surface area contributed by atoms with Crippen molar-refractivity contribution in [3.8, 4) is 17.2 Å². The minimum absolute atomic E-state index is 0.220. The Kier molecular flexibility index (Phi) is 6.64. The molecule has 0 fully saturated rings. The lowest BCUT2D eigenvalue weighted by Gasteiger charge is -2.13. The molecule has 3 aromatic rings. The van der Waals surface area contributed by atoms with Crippen molar-refractivity contribution in [2.45, 2.75) is 0 Å². The molecule has 30 heavy (non-hydrogen) atoms. The number of carbonyl (C=O) groups is 1. The van der Waals surface area contributed by atoms with Gasteiger partial charge in [-0.25, -0.2) is 4.79 Å². The number of benzene rings is 2. The molecule has 154 valence electrons. The van der Waals surface area contributed by atoms with Gasteiger partial charge < -0.3 is 19.0 Å². The van der Waals surface area contributed by atoms with Gasteiger partial charge in [-0.1, -0.05) is 35.5 Å². The van der Waals surface area contributed by atoms with Crippen molar-refractivity contribution in [3.05, 3.63) is 83.7 Å². The maximum Gasteiger partial charge on any atom is 0.366 e. The van der Waals surface area contributed by atoms with Crippen LogP contribution in [0.25, 0.3) is 0 Å². The predicted molar refractivity (Wildman–Crippen MR) is 111 cm³/mol. The summed E-state index contributed by atoms with van der Waals surface area (Å²) in [6.45, 7) is 0. The molecule has 1 aromatic heterocycles. The molecule has 7 nitrogen and oxygen atoms in total. The van der Waals surface area contributed by atoms with Crippen molar-refractivity contribution < 1.29 is 28.4 Å². The van der Waals surface area contributed by atoms with E-state index in [0.29, 0.717) is 23.0 Å². The summed E-state index contributed by atoms with van der Waals surface area (Å²) in [5, 5.41) is 4.19. The number of ether oxygens (including phenoxy) is 3. The van der Waals surface area contributed by atoms with Crippen LogP contribution in [0.3, 0.4) is 0 Å². The summed E-state index contributed by atoms with van der Waals surface area (Å²) < 4.78 is 17.8. The number of carbonyl (C=O) groups excluding carboxylic acids is 1. The molecule has 0 aliphatic rings. The van der Waals surface area contributed by atoms with Gasteiger partial charge in [-0.05, 0) is 18.2 Å². The van der Waals surface area contributed by atoms with E-state index in [2.05, 4.69) is 5.16 Å². The lowest BCUT2D eigenvalue weighted by molar-refractivity contribution is -0.672. The molecule has 0 atom stereocenters. The molecule has 0 unspecified atom stereocenters. The third-order valence-corrected chi connectivity index (χ3v) is 4.46. The summed E-state index contributed by atoms with van der Waals surface area (Å²) in [6.07, 6.45) is 1.90. The largest absolute Gasteiger partial charge is 0.493 e. The average Bonchev–Trinajstić information content (AvgIpc) is 2.79. The third-order valence-electron chi connectivity index (χ3n) is 4.46. The second-order valence-corrected chi connectivity index (χ2v) is 6.30. The number of oxime groups is 1. The van der Waals surface area contributed by atoms with Gasteiger partial charge >= 0.3 is 5.97 Å². The highest BCUT2D eigenvalue weighted by Gasteiger charge is 2.21. The monoisotopic (exact) mass is 407 g/mol. The maximum absolute atomic E-state index is 12.7. The first kappa shape index (κ1) is 20.9. The zero-order chi connectivity index (χ0) is 21.5. The van der Waals surface area contributed by atoms with Crippen LogP contribution < -0.4 is 18.8 Å². The highest BCUT2D eigenvalue weighted by Crippen LogP contribution is 2.38. The van der Waals surface area contributed by atoms with Crippen LogP contribution >= 0.6 is 0 Å². The van der Waals surface area contributed by atoms with Crippen LogP contribution in [-0.4, -0.2) is 33.0 Å². The Labute approximate surface area is 175 Å². The smallest absolute Gasteiger partial charge is 0.366 e. The molecule has 0 saturated heterocycles. The maximum atomic E-state index is 12.7. The fourth-order valence-electron chi connectivity index (χ4n) is 2.95. The Balaban J connectivity index is 1.99. The molecule has 0 bridgehead atoms. The molecule has 3 rings (SSSR count). The summed E-state index contributed by atoms with van der Waals surface area (Å²) in [4.78, 5) is 18.1. The predicted octanol–water partition coefficient (Wildman–Crippen LogP) is 3.15. The quantitative estimate of drug-likeness (QED) is 0.260. The Morgan fingerprint density at radius 1 is 0.833 bits per heavy atom. The van der Waals surface area contributed by atoms with E-state index in [1.54, 1.807) is 0 Å². The van der Waals surface area contributed by atoms with E-state index in [0.717, 1.165) is 11.3 Å². The van der Waals surface area contributed by atoms with Crippen molar-refractivity contribution in [2.24, 2.45) is 12.2 Å². The van der Waals surface area contributed by atoms with Gasteiger partial charge in [-0.3, -0.25) is 0 Å². The Morgan fingerprint density at radius 3 is 2.03 bits per heavy atom. The summed E-state index contributed by atoms with van der Waals surface area (Å²) in [6, 6.07) is 18.3. The molecule has 0 N–H and O–H groups in total. The molecule has 0 amide bonds. The van der Waals surface area contributed by atoms with Gasteiger partial charge in [0.15, 0.2) is 23.4 Å². The first-order valence-electron chi connectivity index (χ1n) is 9.18. The van der Waals surface area contributed by atoms with Gasteiger partial charge in [0, 0.05) is 17.7 Å². The van der Waals surface area contributed by atoms with E-state index in [9.17, 15) is 4.79 Å². The van der Waals surface area contributed by atoms with Crippen LogP contribution in [0.15, 0.2) is 72.0 Å². The first-order valence-corrected chi connectivity index (χ1v) is 9.18. The van der Waals surface area contributed by atoms with Crippen LogP contribution in [0, 0.1) is 0 Å².